The van der Waals surface area contributed by atoms with E-state index >= 15 is 0 Å². The molecule has 0 saturated heterocycles. The molecule has 3 heteroatoms. The summed E-state index contributed by atoms with van der Waals surface area (Å²) in [6.07, 6.45) is 7.03. The van der Waals surface area contributed by atoms with Crippen molar-refractivity contribution in [1.29, 1.82) is 0 Å². The van der Waals surface area contributed by atoms with Crippen molar-refractivity contribution in [3.05, 3.63) is 22.7 Å². The fourth-order valence-electron chi connectivity index (χ4n) is 5.27. The van der Waals surface area contributed by atoms with E-state index in [9.17, 15) is 9.59 Å². The van der Waals surface area contributed by atoms with Crippen LogP contribution >= 0.6 is 0 Å². The van der Waals surface area contributed by atoms with E-state index < -0.39 is 0 Å². The third kappa shape index (κ3) is 3.93. The van der Waals surface area contributed by atoms with E-state index in [2.05, 4.69) is 41.5 Å². The minimum Gasteiger partial charge on any atom is -0.465 e. The Labute approximate surface area is 164 Å². The number of unbranched alkanes of at least 4 members (excludes halogenated alkanes) is 1. The minimum atomic E-state index is -0.0716. The molecule has 0 fully saturated rings. The highest BCUT2D eigenvalue weighted by molar-refractivity contribution is 6.04. The molecule has 1 atom stereocenters. The van der Waals surface area contributed by atoms with Crippen LogP contribution in [0, 0.1) is 22.7 Å². The van der Waals surface area contributed by atoms with Gasteiger partial charge in [-0.3, -0.25) is 9.59 Å². The van der Waals surface area contributed by atoms with Gasteiger partial charge in [-0.15, -0.1) is 0 Å². The smallest absolute Gasteiger partial charge is 0.163 e. The van der Waals surface area contributed by atoms with Crippen LogP contribution in [0.2, 0.25) is 0 Å². The van der Waals surface area contributed by atoms with Gasteiger partial charge in [-0.1, -0.05) is 60.8 Å². The quantitative estimate of drug-likeness (QED) is 0.582. The molecule has 1 aliphatic heterocycles. The second-order valence-electron chi connectivity index (χ2n) is 10.4. The Morgan fingerprint density at radius 2 is 1.37 bits per heavy atom. The number of carbonyl (C=O) groups excluding carboxylic acids is 2. The molecule has 27 heavy (non-hydrogen) atoms. The molecular weight excluding hydrogens is 336 g/mol. The predicted molar refractivity (Wildman–Crippen MR) is 108 cm³/mol. The molecule has 0 amide bonds. The van der Waals surface area contributed by atoms with Crippen LogP contribution in [-0.2, 0) is 14.3 Å². The minimum absolute atomic E-state index is 0.0486. The molecule has 1 heterocycles. The maximum absolute atomic E-state index is 13.2. The zero-order valence-electron chi connectivity index (χ0n) is 18.0. The summed E-state index contributed by atoms with van der Waals surface area (Å²) in [5, 5.41) is 0. The Hall–Kier alpha value is -1.38. The lowest BCUT2D eigenvalue weighted by Crippen LogP contribution is -2.40. The normalized spacial score (nSPS) is 25.9. The van der Waals surface area contributed by atoms with E-state index in [4.69, 9.17) is 4.74 Å². The molecule has 0 N–H and O–H groups in total. The van der Waals surface area contributed by atoms with Crippen LogP contribution in [0.1, 0.15) is 92.9 Å². The molecule has 3 aliphatic rings. The number of allylic oxidation sites excluding steroid dienone is 4. The van der Waals surface area contributed by atoms with Crippen LogP contribution in [0.15, 0.2) is 22.7 Å². The summed E-state index contributed by atoms with van der Waals surface area (Å²) in [6.45, 7) is 13.0. The molecule has 3 nitrogen and oxygen atoms in total. The molecule has 0 spiro atoms. The van der Waals surface area contributed by atoms with Gasteiger partial charge in [-0.2, -0.15) is 0 Å². The third-order valence-electron chi connectivity index (χ3n) is 6.55. The molecule has 0 aromatic rings. The van der Waals surface area contributed by atoms with Crippen LogP contribution in [0.3, 0.4) is 0 Å². The maximum Gasteiger partial charge on any atom is 0.163 e. The summed E-state index contributed by atoms with van der Waals surface area (Å²) in [6, 6.07) is 0. The van der Waals surface area contributed by atoms with Gasteiger partial charge >= 0.3 is 0 Å². The lowest BCUT2D eigenvalue weighted by Gasteiger charge is -2.44. The number of hydrogen-bond acceptors (Lipinski definition) is 3. The molecule has 1 unspecified atom stereocenters. The van der Waals surface area contributed by atoms with E-state index in [1.54, 1.807) is 0 Å². The van der Waals surface area contributed by atoms with Crippen LogP contribution < -0.4 is 0 Å². The van der Waals surface area contributed by atoms with Crippen molar-refractivity contribution >= 4 is 11.6 Å². The number of carbonyl (C=O) groups is 2. The molecular formula is C24H36O3. The van der Waals surface area contributed by atoms with Crippen LogP contribution in [0.4, 0.5) is 0 Å². The van der Waals surface area contributed by atoms with Gasteiger partial charge in [0.15, 0.2) is 11.6 Å². The van der Waals surface area contributed by atoms with Crippen molar-refractivity contribution < 1.29 is 14.3 Å². The van der Waals surface area contributed by atoms with Crippen LogP contribution in [0.5, 0.6) is 0 Å². The van der Waals surface area contributed by atoms with Crippen molar-refractivity contribution in [2.45, 2.75) is 92.9 Å². The summed E-state index contributed by atoms with van der Waals surface area (Å²) >= 11 is 0. The maximum atomic E-state index is 13.2. The Morgan fingerprint density at radius 1 is 0.889 bits per heavy atom. The summed E-state index contributed by atoms with van der Waals surface area (Å²) in [7, 11) is 0. The first-order valence-corrected chi connectivity index (χ1v) is 10.8. The first kappa shape index (κ1) is 20.4. The van der Waals surface area contributed by atoms with Crippen molar-refractivity contribution in [2.24, 2.45) is 22.7 Å². The van der Waals surface area contributed by atoms with Crippen LogP contribution in [0.25, 0.3) is 0 Å². The highest BCUT2D eigenvalue weighted by Gasteiger charge is 2.48. The van der Waals surface area contributed by atoms with Crippen molar-refractivity contribution in [3.8, 4) is 0 Å². The van der Waals surface area contributed by atoms with E-state index in [1.165, 1.54) is 0 Å². The van der Waals surface area contributed by atoms with Gasteiger partial charge in [-0.25, -0.2) is 0 Å². The van der Waals surface area contributed by atoms with Crippen molar-refractivity contribution in [3.63, 3.8) is 0 Å². The lowest BCUT2D eigenvalue weighted by atomic mass is 9.63. The third-order valence-corrected chi connectivity index (χ3v) is 6.55. The zero-order valence-corrected chi connectivity index (χ0v) is 18.0. The first-order valence-electron chi connectivity index (χ1n) is 10.8. The van der Waals surface area contributed by atoms with Gasteiger partial charge in [0.25, 0.3) is 0 Å². The number of hydrogen-bond donors (Lipinski definition) is 0. The zero-order chi connectivity index (χ0) is 20.0. The Balaban J connectivity index is 2.10. The van der Waals surface area contributed by atoms with E-state index in [-0.39, 0.29) is 28.3 Å². The number of ether oxygens (including phenoxy) is 1. The highest BCUT2D eigenvalue weighted by atomic mass is 16.5. The van der Waals surface area contributed by atoms with Crippen molar-refractivity contribution in [2.75, 3.05) is 0 Å². The Morgan fingerprint density at radius 3 is 1.78 bits per heavy atom. The van der Waals surface area contributed by atoms with Gasteiger partial charge in [0.05, 0.1) is 0 Å². The standard InChI is InChI=1S/C24H36O3/c1-7-9-10-15(8-2)20-21-16(25)11-23(3,4)13-18(21)27-19-14-24(5,6)12-17(26)22(19)20/h15,20H,7-14H2,1-6H3. The molecule has 0 bridgehead atoms. The van der Waals surface area contributed by atoms with Gasteiger partial charge in [-0.05, 0) is 23.2 Å². The molecule has 0 saturated carbocycles. The Kier molecular flexibility index (Phi) is 5.44. The summed E-state index contributed by atoms with van der Waals surface area (Å²) in [5.74, 6) is 2.42. The molecule has 0 aromatic carbocycles. The molecule has 0 radical (unpaired) electrons. The first-order chi connectivity index (χ1) is 12.6. The summed E-state index contributed by atoms with van der Waals surface area (Å²) in [5.41, 5.74) is 1.53. The SMILES string of the molecule is CCCCC(CC)C1C2=C(CC(C)(C)CC2=O)OC2=C1C(=O)CC(C)(C)C2. The van der Waals surface area contributed by atoms with Crippen molar-refractivity contribution in [1.82, 2.24) is 0 Å². The molecule has 0 aromatic heterocycles. The van der Waals surface area contributed by atoms with E-state index in [0.717, 1.165) is 61.2 Å². The molecule has 2 aliphatic carbocycles. The average molecular weight is 373 g/mol. The molecule has 150 valence electrons. The fourth-order valence-corrected chi connectivity index (χ4v) is 5.27. The Bertz CT molecular complexity index is 653. The average Bonchev–Trinajstić information content (AvgIpc) is 2.51. The monoisotopic (exact) mass is 372 g/mol. The summed E-state index contributed by atoms with van der Waals surface area (Å²) < 4.78 is 6.35. The van der Waals surface area contributed by atoms with Gasteiger partial charge < -0.3 is 4.74 Å². The largest absolute Gasteiger partial charge is 0.465 e. The van der Waals surface area contributed by atoms with E-state index in [1.807, 2.05) is 0 Å². The van der Waals surface area contributed by atoms with Gasteiger partial charge in [0.2, 0.25) is 0 Å². The number of ketones is 2. The highest BCUT2D eigenvalue weighted by Crippen LogP contribution is 2.52. The van der Waals surface area contributed by atoms with Gasteiger partial charge in [0.1, 0.15) is 11.5 Å². The van der Waals surface area contributed by atoms with E-state index in [0.29, 0.717) is 18.8 Å². The topological polar surface area (TPSA) is 43.4 Å². The van der Waals surface area contributed by atoms with Gasteiger partial charge in [0, 0.05) is 42.7 Å². The summed E-state index contributed by atoms with van der Waals surface area (Å²) in [4.78, 5) is 26.4. The number of Topliss-reactive ketones (excluding diaryl/α,β-unsaturated/α-hetero) is 2. The number of rotatable bonds is 5. The second kappa shape index (κ2) is 7.22. The molecule has 3 rings (SSSR count). The van der Waals surface area contributed by atoms with Crippen LogP contribution in [-0.4, -0.2) is 11.6 Å². The fraction of sp³-hybridized carbons (Fsp3) is 0.750. The second-order valence-corrected chi connectivity index (χ2v) is 10.4. The lowest BCUT2D eigenvalue weighted by molar-refractivity contribution is -0.121. The predicted octanol–water partition coefficient (Wildman–Crippen LogP) is 6.14.